The van der Waals surface area contributed by atoms with Crippen molar-refractivity contribution in [2.24, 2.45) is 0 Å². The van der Waals surface area contributed by atoms with Gasteiger partial charge in [-0.05, 0) is 17.9 Å². The van der Waals surface area contributed by atoms with Gasteiger partial charge < -0.3 is 9.84 Å². The van der Waals surface area contributed by atoms with Crippen LogP contribution in [0.25, 0.3) is 0 Å². The zero-order valence-electron chi connectivity index (χ0n) is 9.46. The summed E-state index contributed by atoms with van der Waals surface area (Å²) in [5.41, 5.74) is 0.361. The second kappa shape index (κ2) is 6.96. The summed E-state index contributed by atoms with van der Waals surface area (Å²) in [6, 6.07) is 8.36. The van der Waals surface area contributed by atoms with Crippen LogP contribution >= 0.6 is 11.8 Å². The van der Waals surface area contributed by atoms with Crippen LogP contribution in [0.2, 0.25) is 0 Å². The minimum Gasteiger partial charge on any atom is -0.478 e. The number of rotatable bonds is 6. The average molecular weight is 254 g/mol. The molecule has 1 aromatic carbocycles. The van der Waals surface area contributed by atoms with Gasteiger partial charge in [-0.15, -0.1) is 0 Å². The molecule has 0 spiro atoms. The first-order chi connectivity index (χ1) is 8.15. The Morgan fingerprint density at radius 1 is 1.35 bits per heavy atom. The van der Waals surface area contributed by atoms with Crippen molar-refractivity contribution in [1.29, 1.82) is 0 Å². The predicted octanol–water partition coefficient (Wildman–Crippen LogP) is 2.05. The van der Waals surface area contributed by atoms with Crippen molar-refractivity contribution in [2.75, 3.05) is 11.5 Å². The van der Waals surface area contributed by atoms with E-state index in [9.17, 15) is 9.59 Å². The lowest BCUT2D eigenvalue weighted by Gasteiger charge is -2.12. The molecule has 17 heavy (non-hydrogen) atoms. The lowest BCUT2D eigenvalue weighted by atomic mass is 10.2. The third-order valence-corrected chi connectivity index (χ3v) is 2.95. The van der Waals surface area contributed by atoms with Crippen LogP contribution in [0.3, 0.4) is 0 Å². The van der Waals surface area contributed by atoms with Crippen molar-refractivity contribution >= 4 is 23.7 Å². The van der Waals surface area contributed by atoms with Gasteiger partial charge in [0.15, 0.2) is 0 Å². The van der Waals surface area contributed by atoms with Crippen molar-refractivity contribution in [3.63, 3.8) is 0 Å². The Hall–Kier alpha value is -1.49. The molecule has 1 atom stereocenters. The van der Waals surface area contributed by atoms with Crippen LogP contribution in [-0.4, -0.2) is 34.7 Å². The summed E-state index contributed by atoms with van der Waals surface area (Å²) in [7, 11) is 0. The fourth-order valence-corrected chi connectivity index (χ4v) is 1.81. The molecule has 1 rings (SSSR count). The number of carbonyl (C=O) groups excluding carboxylic acids is 1. The fraction of sp³-hybridized carbons (Fsp3) is 0.333. The van der Waals surface area contributed by atoms with E-state index in [-0.39, 0.29) is 5.75 Å². The molecule has 0 aliphatic carbocycles. The van der Waals surface area contributed by atoms with Gasteiger partial charge in [-0.1, -0.05) is 25.1 Å². The lowest BCUT2D eigenvalue weighted by Crippen LogP contribution is -2.29. The van der Waals surface area contributed by atoms with Crippen LogP contribution in [0, 0.1) is 0 Å². The summed E-state index contributed by atoms with van der Waals surface area (Å²) in [5, 5.41) is 8.91. The third kappa shape index (κ3) is 4.48. The van der Waals surface area contributed by atoms with E-state index >= 15 is 0 Å². The SMILES string of the molecule is CCSCC(OC(=O)c1ccccc1)C(=O)O. The standard InChI is InChI=1S/C12H14O4S/c1-2-17-8-10(11(13)14)16-12(15)9-6-4-3-5-7-9/h3-7,10H,2,8H2,1H3,(H,13,14). The van der Waals surface area contributed by atoms with Crippen molar-refractivity contribution in [3.05, 3.63) is 35.9 Å². The molecule has 0 heterocycles. The Kier molecular flexibility index (Phi) is 5.56. The number of carbonyl (C=O) groups is 2. The van der Waals surface area contributed by atoms with Gasteiger partial charge in [0.1, 0.15) is 0 Å². The highest BCUT2D eigenvalue weighted by molar-refractivity contribution is 7.99. The maximum absolute atomic E-state index is 11.6. The van der Waals surface area contributed by atoms with Gasteiger partial charge in [-0.3, -0.25) is 0 Å². The second-order valence-electron chi connectivity index (χ2n) is 3.26. The zero-order valence-corrected chi connectivity index (χ0v) is 10.3. The topological polar surface area (TPSA) is 63.6 Å². The summed E-state index contributed by atoms with van der Waals surface area (Å²) in [4.78, 5) is 22.5. The lowest BCUT2D eigenvalue weighted by molar-refractivity contribution is -0.145. The van der Waals surface area contributed by atoms with Gasteiger partial charge in [-0.2, -0.15) is 11.8 Å². The Morgan fingerprint density at radius 2 is 2.00 bits per heavy atom. The van der Waals surface area contributed by atoms with Gasteiger partial charge in [0.25, 0.3) is 0 Å². The van der Waals surface area contributed by atoms with Crippen molar-refractivity contribution in [3.8, 4) is 0 Å². The number of carboxylic acid groups (broad SMARTS) is 1. The average Bonchev–Trinajstić information content (AvgIpc) is 2.35. The zero-order chi connectivity index (χ0) is 12.7. The van der Waals surface area contributed by atoms with Crippen LogP contribution in [-0.2, 0) is 9.53 Å². The highest BCUT2D eigenvalue weighted by atomic mass is 32.2. The van der Waals surface area contributed by atoms with Crippen LogP contribution in [0.15, 0.2) is 30.3 Å². The highest BCUT2D eigenvalue weighted by Gasteiger charge is 2.22. The van der Waals surface area contributed by atoms with Gasteiger partial charge >= 0.3 is 11.9 Å². The first-order valence-corrected chi connectivity index (χ1v) is 6.37. The maximum atomic E-state index is 11.6. The smallest absolute Gasteiger partial charge is 0.345 e. The van der Waals surface area contributed by atoms with Crippen molar-refractivity contribution < 1.29 is 19.4 Å². The molecular formula is C12H14O4S. The van der Waals surface area contributed by atoms with Gasteiger partial charge in [0.2, 0.25) is 6.10 Å². The Balaban J connectivity index is 2.61. The molecule has 0 aliphatic rings. The molecule has 0 fully saturated rings. The molecule has 1 aromatic rings. The summed E-state index contributed by atoms with van der Waals surface area (Å²) >= 11 is 1.42. The number of carboxylic acids is 1. The molecule has 0 saturated carbocycles. The molecule has 1 N–H and O–H groups in total. The second-order valence-corrected chi connectivity index (χ2v) is 4.58. The highest BCUT2D eigenvalue weighted by Crippen LogP contribution is 2.09. The summed E-state index contributed by atoms with van der Waals surface area (Å²) in [5.74, 6) is -0.665. The van der Waals surface area contributed by atoms with Crippen LogP contribution < -0.4 is 0 Å². The van der Waals surface area contributed by atoms with Crippen LogP contribution in [0.4, 0.5) is 0 Å². The third-order valence-electron chi connectivity index (χ3n) is 2.01. The molecule has 0 radical (unpaired) electrons. The van der Waals surface area contributed by atoms with Crippen molar-refractivity contribution in [1.82, 2.24) is 0 Å². The van der Waals surface area contributed by atoms with Gasteiger partial charge in [0, 0.05) is 5.75 Å². The Morgan fingerprint density at radius 3 is 2.53 bits per heavy atom. The summed E-state index contributed by atoms with van der Waals surface area (Å²) in [6.07, 6.45) is -1.09. The number of ether oxygens (including phenoxy) is 1. The number of hydrogen-bond donors (Lipinski definition) is 1. The molecule has 0 amide bonds. The minimum atomic E-state index is -1.12. The molecule has 0 aromatic heterocycles. The van der Waals surface area contributed by atoms with Crippen LogP contribution in [0.5, 0.6) is 0 Å². The molecule has 0 aliphatic heterocycles. The number of esters is 1. The molecular weight excluding hydrogens is 240 g/mol. The van der Waals surface area contributed by atoms with Crippen LogP contribution in [0.1, 0.15) is 17.3 Å². The van der Waals surface area contributed by atoms with E-state index in [4.69, 9.17) is 9.84 Å². The largest absolute Gasteiger partial charge is 0.478 e. The number of aliphatic carboxylic acids is 1. The predicted molar refractivity (Wildman–Crippen MR) is 66.3 cm³/mol. The Bertz CT molecular complexity index is 377. The van der Waals surface area contributed by atoms with E-state index in [2.05, 4.69) is 0 Å². The molecule has 5 heteroatoms. The summed E-state index contributed by atoms with van der Waals surface area (Å²) < 4.78 is 4.94. The van der Waals surface area contributed by atoms with E-state index in [1.165, 1.54) is 11.8 Å². The van der Waals surface area contributed by atoms with E-state index in [1.54, 1.807) is 30.3 Å². The quantitative estimate of drug-likeness (QED) is 0.787. The normalized spacial score (nSPS) is 11.8. The minimum absolute atomic E-state index is 0.268. The fourth-order valence-electron chi connectivity index (χ4n) is 1.15. The van der Waals surface area contributed by atoms with E-state index in [0.717, 1.165) is 5.75 Å². The summed E-state index contributed by atoms with van der Waals surface area (Å²) in [6.45, 7) is 1.92. The molecule has 0 bridgehead atoms. The number of thioether (sulfide) groups is 1. The van der Waals surface area contributed by atoms with E-state index in [1.807, 2.05) is 6.92 Å². The van der Waals surface area contributed by atoms with Gasteiger partial charge in [0.05, 0.1) is 5.56 Å². The van der Waals surface area contributed by atoms with Gasteiger partial charge in [-0.25, -0.2) is 9.59 Å². The van der Waals surface area contributed by atoms with Crippen molar-refractivity contribution in [2.45, 2.75) is 13.0 Å². The first kappa shape index (κ1) is 13.6. The number of hydrogen-bond acceptors (Lipinski definition) is 4. The molecule has 92 valence electrons. The molecule has 4 nitrogen and oxygen atoms in total. The Labute approximate surface area is 104 Å². The van der Waals surface area contributed by atoms with E-state index in [0.29, 0.717) is 5.56 Å². The molecule has 1 unspecified atom stereocenters. The van der Waals surface area contributed by atoms with E-state index < -0.39 is 18.0 Å². The molecule has 0 saturated heterocycles. The maximum Gasteiger partial charge on any atom is 0.345 e. The monoisotopic (exact) mass is 254 g/mol. The first-order valence-electron chi connectivity index (χ1n) is 5.21. The number of benzene rings is 1.